The van der Waals surface area contributed by atoms with Crippen LogP contribution in [0.4, 0.5) is 5.13 Å². The number of rotatable bonds is 8. The first-order valence-corrected chi connectivity index (χ1v) is 15.6. The molecule has 8 nitrogen and oxygen atoms in total. The maximum atomic E-state index is 13.8. The fourth-order valence-electron chi connectivity index (χ4n) is 5.81. The lowest BCUT2D eigenvalue weighted by atomic mass is 9.94. The predicted octanol–water partition coefficient (Wildman–Crippen LogP) is 7.22. The minimum absolute atomic E-state index is 0.000806. The molecule has 9 heteroatoms. The monoisotopic (exact) mass is 618 g/mol. The van der Waals surface area contributed by atoms with Gasteiger partial charge in [0.05, 0.1) is 28.4 Å². The summed E-state index contributed by atoms with van der Waals surface area (Å²) in [5.74, 6) is 0.306. The molecule has 2 aliphatic rings. The van der Waals surface area contributed by atoms with Gasteiger partial charge in [0.25, 0.3) is 5.78 Å². The van der Waals surface area contributed by atoms with E-state index in [-0.39, 0.29) is 17.4 Å². The molecule has 1 fully saturated rings. The highest BCUT2D eigenvalue weighted by Gasteiger charge is 2.48. The maximum Gasteiger partial charge on any atom is 0.301 e. The van der Waals surface area contributed by atoms with E-state index >= 15 is 0 Å². The molecule has 1 saturated heterocycles. The van der Waals surface area contributed by atoms with Crippen molar-refractivity contribution in [1.29, 1.82) is 0 Å². The minimum Gasteiger partial charge on any atom is -0.507 e. The number of aromatic nitrogens is 1. The number of carbonyl (C=O) groups is 2. The van der Waals surface area contributed by atoms with Crippen LogP contribution in [0.5, 0.6) is 17.2 Å². The van der Waals surface area contributed by atoms with Crippen LogP contribution in [-0.4, -0.2) is 34.5 Å². The van der Waals surface area contributed by atoms with Gasteiger partial charge in [0.15, 0.2) is 5.13 Å². The van der Waals surface area contributed by atoms with Crippen molar-refractivity contribution in [3.63, 3.8) is 0 Å². The smallest absolute Gasteiger partial charge is 0.301 e. The normalized spacial score (nSPS) is 18.7. The van der Waals surface area contributed by atoms with E-state index in [9.17, 15) is 14.7 Å². The van der Waals surface area contributed by atoms with Crippen LogP contribution in [0.1, 0.15) is 42.1 Å². The van der Waals surface area contributed by atoms with Gasteiger partial charge in [0, 0.05) is 12.0 Å². The van der Waals surface area contributed by atoms with Crippen molar-refractivity contribution in [3.05, 3.63) is 119 Å². The van der Waals surface area contributed by atoms with Crippen LogP contribution in [-0.2, 0) is 22.6 Å². The molecule has 0 spiro atoms. The summed E-state index contributed by atoms with van der Waals surface area (Å²) in [5, 5.41) is 12.0. The first-order valence-electron chi connectivity index (χ1n) is 14.8. The van der Waals surface area contributed by atoms with Crippen LogP contribution in [0.15, 0.2) is 96.6 Å². The molecule has 1 aromatic heterocycles. The number of Topliss-reactive ketones (excluding diaryl/α,β-unsaturated/α-hetero) is 1. The zero-order chi connectivity index (χ0) is 31.1. The summed E-state index contributed by atoms with van der Waals surface area (Å²) in [6, 6.07) is 27.0. The average molecular weight is 619 g/mol. The van der Waals surface area contributed by atoms with Crippen LogP contribution in [0.25, 0.3) is 16.0 Å². The Hall–Kier alpha value is -5.15. The number of ketones is 1. The molecule has 1 amide bonds. The van der Waals surface area contributed by atoms with Gasteiger partial charge in [-0.3, -0.25) is 14.5 Å². The quantitative estimate of drug-likeness (QED) is 0.111. The lowest BCUT2D eigenvalue weighted by Crippen LogP contribution is -2.29. The van der Waals surface area contributed by atoms with Crippen LogP contribution >= 0.6 is 11.3 Å². The number of benzene rings is 4. The Labute approximate surface area is 264 Å². The van der Waals surface area contributed by atoms with Gasteiger partial charge in [-0.25, -0.2) is 4.98 Å². The molecule has 5 aromatic rings. The van der Waals surface area contributed by atoms with E-state index < -0.39 is 17.7 Å². The van der Waals surface area contributed by atoms with E-state index in [1.807, 2.05) is 80.6 Å². The standard InChI is InChI=1S/C36H30N2O6S/c1-3-42-27-14-15-28-30(19-27)45-36(37-28)38-32(23-9-12-26(13-10-23)43-20-22-7-5-4-6-8-22)31(34(40)35(38)41)33(39)24-11-16-29-25(18-24)17-21(2)44-29/h4-16,18-19,21,32,39H,3,17,20H2,1-2H3/b33-31+/t21-,32+/m1/s1. The van der Waals surface area contributed by atoms with Gasteiger partial charge >= 0.3 is 5.91 Å². The Morgan fingerprint density at radius 3 is 2.53 bits per heavy atom. The second kappa shape index (κ2) is 11.7. The fraction of sp³-hybridized carbons (Fsp3) is 0.194. The molecular formula is C36H30N2O6S. The number of thiazole rings is 1. The van der Waals surface area contributed by atoms with Crippen molar-refractivity contribution in [1.82, 2.24) is 4.98 Å². The summed E-state index contributed by atoms with van der Waals surface area (Å²) >= 11 is 1.29. The number of hydrogen-bond acceptors (Lipinski definition) is 8. The van der Waals surface area contributed by atoms with Gasteiger partial charge in [-0.1, -0.05) is 53.8 Å². The number of aliphatic hydroxyl groups is 1. The first-order chi connectivity index (χ1) is 21.9. The third kappa shape index (κ3) is 5.40. The van der Waals surface area contributed by atoms with Gasteiger partial charge in [0.2, 0.25) is 0 Å². The summed E-state index contributed by atoms with van der Waals surface area (Å²) in [4.78, 5) is 33.6. The van der Waals surface area contributed by atoms with E-state index in [2.05, 4.69) is 0 Å². The van der Waals surface area contributed by atoms with Crippen molar-refractivity contribution in [2.75, 3.05) is 11.5 Å². The van der Waals surface area contributed by atoms with E-state index in [0.29, 0.717) is 52.9 Å². The summed E-state index contributed by atoms with van der Waals surface area (Å²) < 4.78 is 18.3. The van der Waals surface area contributed by atoms with Gasteiger partial charge in [-0.2, -0.15) is 0 Å². The van der Waals surface area contributed by atoms with Crippen molar-refractivity contribution in [3.8, 4) is 17.2 Å². The highest BCUT2D eigenvalue weighted by Crippen LogP contribution is 2.45. The van der Waals surface area contributed by atoms with Gasteiger partial charge in [-0.05, 0) is 79.1 Å². The van der Waals surface area contributed by atoms with Crippen molar-refractivity contribution >= 4 is 44.1 Å². The number of ether oxygens (including phenoxy) is 3. The Bertz CT molecular complexity index is 1950. The molecule has 0 aliphatic carbocycles. The van der Waals surface area contributed by atoms with Crippen molar-refractivity contribution in [2.24, 2.45) is 0 Å². The number of anilines is 1. The highest BCUT2D eigenvalue weighted by atomic mass is 32.1. The van der Waals surface area contributed by atoms with E-state index in [4.69, 9.17) is 19.2 Å². The molecule has 0 bridgehead atoms. The second-order valence-corrected chi connectivity index (χ2v) is 12.0. The Balaban J connectivity index is 1.30. The van der Waals surface area contributed by atoms with Crippen LogP contribution < -0.4 is 19.1 Å². The summed E-state index contributed by atoms with van der Waals surface area (Å²) in [5.41, 5.74) is 3.73. The topological polar surface area (TPSA) is 98.2 Å². The number of hydrogen-bond donors (Lipinski definition) is 1. The average Bonchev–Trinajstić information content (AvgIpc) is 3.72. The molecule has 2 aliphatic heterocycles. The van der Waals surface area contributed by atoms with Gasteiger partial charge in [0.1, 0.15) is 35.7 Å². The fourth-order valence-corrected chi connectivity index (χ4v) is 6.83. The van der Waals surface area contributed by atoms with Gasteiger partial charge in [-0.15, -0.1) is 0 Å². The zero-order valence-electron chi connectivity index (χ0n) is 24.7. The minimum atomic E-state index is -0.913. The third-order valence-electron chi connectivity index (χ3n) is 7.92. The molecule has 0 radical (unpaired) electrons. The van der Waals surface area contributed by atoms with E-state index in [0.717, 1.165) is 21.6 Å². The maximum absolute atomic E-state index is 13.8. The Morgan fingerprint density at radius 2 is 1.76 bits per heavy atom. The number of fused-ring (bicyclic) bond motifs is 2. The molecule has 2 atom stereocenters. The zero-order valence-corrected chi connectivity index (χ0v) is 25.5. The molecule has 0 saturated carbocycles. The molecule has 7 rings (SSSR count). The van der Waals surface area contributed by atoms with Crippen molar-refractivity contribution in [2.45, 2.75) is 39.0 Å². The molecule has 45 heavy (non-hydrogen) atoms. The highest BCUT2D eigenvalue weighted by molar-refractivity contribution is 7.22. The summed E-state index contributed by atoms with van der Waals surface area (Å²) in [6.07, 6.45) is 0.710. The molecule has 1 N–H and O–H groups in total. The lowest BCUT2D eigenvalue weighted by Gasteiger charge is -2.23. The van der Waals surface area contributed by atoms with E-state index in [1.165, 1.54) is 16.2 Å². The lowest BCUT2D eigenvalue weighted by molar-refractivity contribution is -0.132. The van der Waals surface area contributed by atoms with Crippen LogP contribution in [0.3, 0.4) is 0 Å². The van der Waals surface area contributed by atoms with Crippen molar-refractivity contribution < 1.29 is 28.9 Å². The summed E-state index contributed by atoms with van der Waals surface area (Å²) in [7, 11) is 0. The largest absolute Gasteiger partial charge is 0.507 e. The molecule has 226 valence electrons. The molecular weight excluding hydrogens is 588 g/mol. The second-order valence-electron chi connectivity index (χ2n) is 11.0. The SMILES string of the molecule is CCOc1ccc2nc(N3C(=O)C(=O)/C(=C(/O)c4ccc5c(c4)C[C@@H](C)O5)[C@@H]3c3ccc(OCc4ccccc4)cc3)sc2c1. The number of amides is 1. The van der Waals surface area contributed by atoms with Crippen LogP contribution in [0.2, 0.25) is 0 Å². The number of aliphatic hydroxyl groups excluding tert-OH is 1. The number of carbonyl (C=O) groups excluding carboxylic acids is 2. The Kier molecular flexibility index (Phi) is 7.47. The summed E-state index contributed by atoms with van der Waals surface area (Å²) in [6.45, 7) is 4.81. The Morgan fingerprint density at radius 1 is 0.978 bits per heavy atom. The third-order valence-corrected chi connectivity index (χ3v) is 8.94. The molecule has 0 unspecified atom stereocenters. The molecule has 4 aromatic carbocycles. The first kappa shape index (κ1) is 28.6. The number of nitrogens with zero attached hydrogens (tertiary/aromatic N) is 2. The predicted molar refractivity (Wildman–Crippen MR) is 173 cm³/mol. The molecule has 3 heterocycles. The van der Waals surface area contributed by atoms with Crippen LogP contribution in [0, 0.1) is 0 Å². The van der Waals surface area contributed by atoms with Gasteiger partial charge < -0.3 is 19.3 Å². The van der Waals surface area contributed by atoms with E-state index in [1.54, 1.807) is 24.3 Å².